The number of aromatic nitrogens is 2. The molecule has 0 saturated heterocycles. The Morgan fingerprint density at radius 3 is 2.61 bits per heavy atom. The number of rotatable bonds is 2. The van der Waals surface area contributed by atoms with Gasteiger partial charge in [0.15, 0.2) is 4.77 Å². The van der Waals surface area contributed by atoms with Crippen LogP contribution in [0.25, 0.3) is 16.7 Å². The predicted octanol–water partition coefficient (Wildman–Crippen LogP) is 3.70. The minimum absolute atomic E-state index is 0.667. The van der Waals surface area contributed by atoms with Crippen molar-refractivity contribution in [3.63, 3.8) is 0 Å². The lowest BCUT2D eigenvalue weighted by Gasteiger charge is -2.09. The van der Waals surface area contributed by atoms with Gasteiger partial charge in [-0.15, -0.1) is 0 Å². The fourth-order valence-electron chi connectivity index (χ4n) is 2.11. The second-order valence-electron chi connectivity index (χ2n) is 3.95. The van der Waals surface area contributed by atoms with Crippen molar-refractivity contribution >= 4 is 23.3 Å². The molecular formula is C14H12N2OS. The Morgan fingerprint density at radius 2 is 1.78 bits per heavy atom. The monoisotopic (exact) mass is 256 g/mol. The average Bonchev–Trinajstić information content (AvgIpc) is 2.74. The van der Waals surface area contributed by atoms with Crippen LogP contribution in [0.5, 0.6) is 5.75 Å². The first-order valence-corrected chi connectivity index (χ1v) is 6.05. The van der Waals surface area contributed by atoms with Gasteiger partial charge in [0.2, 0.25) is 0 Å². The summed E-state index contributed by atoms with van der Waals surface area (Å²) < 4.78 is 8.05. The maximum absolute atomic E-state index is 5.39. The molecule has 0 aliphatic rings. The average molecular weight is 256 g/mol. The third-order valence-corrected chi connectivity index (χ3v) is 3.20. The van der Waals surface area contributed by atoms with Gasteiger partial charge in [0, 0.05) is 0 Å². The molecule has 3 nitrogen and oxygen atoms in total. The number of hydrogen-bond donors (Lipinski definition) is 1. The summed E-state index contributed by atoms with van der Waals surface area (Å²) in [6.45, 7) is 0. The number of benzene rings is 2. The quantitative estimate of drug-likeness (QED) is 0.709. The van der Waals surface area contributed by atoms with Crippen molar-refractivity contribution in [2.45, 2.75) is 0 Å². The smallest absolute Gasteiger partial charge is 0.182 e. The van der Waals surface area contributed by atoms with Crippen molar-refractivity contribution < 1.29 is 4.74 Å². The van der Waals surface area contributed by atoms with Crippen LogP contribution in [0.2, 0.25) is 0 Å². The molecule has 0 atom stereocenters. The van der Waals surface area contributed by atoms with E-state index >= 15 is 0 Å². The summed E-state index contributed by atoms with van der Waals surface area (Å²) in [5, 5.41) is 0. The lowest BCUT2D eigenvalue weighted by molar-refractivity contribution is 0.413. The van der Waals surface area contributed by atoms with Gasteiger partial charge in [0.05, 0.1) is 23.8 Å². The summed E-state index contributed by atoms with van der Waals surface area (Å²) in [7, 11) is 1.66. The minimum atomic E-state index is 0.667. The first kappa shape index (κ1) is 11.0. The van der Waals surface area contributed by atoms with E-state index in [9.17, 15) is 0 Å². The van der Waals surface area contributed by atoms with E-state index in [2.05, 4.69) is 4.98 Å². The first-order valence-electron chi connectivity index (χ1n) is 5.64. The van der Waals surface area contributed by atoms with Gasteiger partial charge in [-0.05, 0) is 36.5 Å². The van der Waals surface area contributed by atoms with Crippen LogP contribution in [0.3, 0.4) is 0 Å². The van der Waals surface area contributed by atoms with Gasteiger partial charge >= 0.3 is 0 Å². The molecule has 0 amide bonds. The maximum atomic E-state index is 5.39. The second-order valence-corrected chi connectivity index (χ2v) is 4.34. The van der Waals surface area contributed by atoms with Crippen molar-refractivity contribution in [2.75, 3.05) is 7.11 Å². The molecule has 0 bridgehead atoms. The predicted molar refractivity (Wildman–Crippen MR) is 75.0 cm³/mol. The van der Waals surface area contributed by atoms with E-state index in [0.717, 1.165) is 22.5 Å². The Bertz CT molecular complexity index is 758. The van der Waals surface area contributed by atoms with Crippen molar-refractivity contribution in [2.24, 2.45) is 0 Å². The molecule has 0 radical (unpaired) electrons. The zero-order valence-electron chi connectivity index (χ0n) is 9.88. The number of H-pyrrole nitrogens is 1. The molecule has 4 heteroatoms. The van der Waals surface area contributed by atoms with Crippen LogP contribution in [-0.4, -0.2) is 16.7 Å². The summed E-state index contributed by atoms with van der Waals surface area (Å²) >= 11 is 5.39. The third kappa shape index (κ3) is 1.62. The summed E-state index contributed by atoms with van der Waals surface area (Å²) in [4.78, 5) is 3.20. The van der Waals surface area contributed by atoms with Crippen LogP contribution in [0.15, 0.2) is 48.5 Å². The fraction of sp³-hybridized carbons (Fsp3) is 0.0714. The highest BCUT2D eigenvalue weighted by Gasteiger charge is 2.09. The molecule has 3 rings (SSSR count). The number of methoxy groups -OCH3 is 1. The van der Waals surface area contributed by atoms with Crippen LogP contribution in [0, 0.1) is 4.77 Å². The van der Waals surface area contributed by atoms with E-state index in [1.807, 2.05) is 53.1 Å². The maximum Gasteiger partial charge on any atom is 0.182 e. The Kier molecular flexibility index (Phi) is 2.64. The SMILES string of the molecule is COc1ccccc1-n1c(=S)[nH]c2ccccc21. The zero-order chi connectivity index (χ0) is 12.5. The Morgan fingerprint density at radius 1 is 1.06 bits per heavy atom. The van der Waals surface area contributed by atoms with Gasteiger partial charge in [-0.3, -0.25) is 4.57 Å². The number of para-hydroxylation sites is 4. The van der Waals surface area contributed by atoms with E-state index in [1.54, 1.807) is 7.11 Å². The number of aromatic amines is 1. The zero-order valence-corrected chi connectivity index (χ0v) is 10.7. The molecule has 0 aliphatic carbocycles. The number of ether oxygens (including phenoxy) is 1. The van der Waals surface area contributed by atoms with Gasteiger partial charge in [-0.25, -0.2) is 0 Å². The lowest BCUT2D eigenvalue weighted by Crippen LogP contribution is -1.97. The molecule has 90 valence electrons. The summed E-state index contributed by atoms with van der Waals surface area (Å²) in [5.74, 6) is 0.804. The van der Waals surface area contributed by atoms with Crippen LogP contribution < -0.4 is 4.74 Å². The molecule has 2 aromatic carbocycles. The molecular weight excluding hydrogens is 244 g/mol. The molecule has 0 saturated carbocycles. The van der Waals surface area contributed by atoms with Crippen LogP contribution in [0.4, 0.5) is 0 Å². The van der Waals surface area contributed by atoms with E-state index in [-0.39, 0.29) is 0 Å². The first-order chi connectivity index (χ1) is 8.81. The van der Waals surface area contributed by atoms with Gasteiger partial charge in [0.25, 0.3) is 0 Å². The summed E-state index contributed by atoms with van der Waals surface area (Å²) in [5.41, 5.74) is 3.02. The van der Waals surface area contributed by atoms with E-state index in [0.29, 0.717) is 4.77 Å². The number of nitrogens with zero attached hydrogens (tertiary/aromatic N) is 1. The van der Waals surface area contributed by atoms with Crippen LogP contribution >= 0.6 is 12.2 Å². The highest BCUT2D eigenvalue weighted by atomic mass is 32.1. The van der Waals surface area contributed by atoms with E-state index < -0.39 is 0 Å². The van der Waals surface area contributed by atoms with Crippen molar-refractivity contribution in [1.82, 2.24) is 9.55 Å². The van der Waals surface area contributed by atoms with Crippen LogP contribution in [-0.2, 0) is 0 Å². The van der Waals surface area contributed by atoms with Gasteiger partial charge in [-0.1, -0.05) is 24.3 Å². The van der Waals surface area contributed by atoms with Crippen molar-refractivity contribution in [3.05, 3.63) is 53.3 Å². The standard InChI is InChI=1S/C14H12N2OS/c1-17-13-9-5-4-8-12(13)16-11-7-3-2-6-10(11)15-14(16)18/h2-9H,1H3,(H,15,18). The molecule has 1 N–H and O–H groups in total. The summed E-state index contributed by atoms with van der Waals surface area (Å²) in [6.07, 6.45) is 0. The number of nitrogens with one attached hydrogen (secondary N) is 1. The largest absolute Gasteiger partial charge is 0.495 e. The van der Waals surface area contributed by atoms with Gasteiger partial charge in [-0.2, -0.15) is 0 Å². The molecule has 0 fully saturated rings. The Hall–Kier alpha value is -2.07. The summed E-state index contributed by atoms with van der Waals surface area (Å²) in [6, 6.07) is 15.9. The number of hydrogen-bond acceptors (Lipinski definition) is 2. The normalized spacial score (nSPS) is 10.7. The molecule has 0 spiro atoms. The molecule has 1 heterocycles. The van der Waals surface area contributed by atoms with E-state index in [4.69, 9.17) is 17.0 Å². The number of imidazole rings is 1. The van der Waals surface area contributed by atoms with Gasteiger partial charge < -0.3 is 9.72 Å². The molecule has 0 unspecified atom stereocenters. The van der Waals surface area contributed by atoms with Gasteiger partial charge in [0.1, 0.15) is 5.75 Å². The molecule has 0 aliphatic heterocycles. The van der Waals surface area contributed by atoms with Crippen LogP contribution in [0.1, 0.15) is 0 Å². The van der Waals surface area contributed by atoms with Crippen molar-refractivity contribution in [1.29, 1.82) is 0 Å². The number of fused-ring (bicyclic) bond motifs is 1. The Balaban J connectivity index is 2.38. The Labute approximate surface area is 110 Å². The topological polar surface area (TPSA) is 29.9 Å². The van der Waals surface area contributed by atoms with E-state index in [1.165, 1.54) is 0 Å². The fourth-order valence-corrected chi connectivity index (χ4v) is 2.42. The highest BCUT2D eigenvalue weighted by molar-refractivity contribution is 7.71. The van der Waals surface area contributed by atoms with Crippen molar-refractivity contribution in [3.8, 4) is 11.4 Å². The minimum Gasteiger partial charge on any atom is -0.495 e. The molecule has 18 heavy (non-hydrogen) atoms. The second kappa shape index (κ2) is 4.31. The molecule has 3 aromatic rings. The third-order valence-electron chi connectivity index (χ3n) is 2.92. The lowest BCUT2D eigenvalue weighted by atomic mass is 10.2. The highest BCUT2D eigenvalue weighted by Crippen LogP contribution is 2.26. The molecule has 1 aromatic heterocycles.